The molecule has 94 valence electrons. The molecule has 5 heteroatoms. The number of ether oxygens (including phenoxy) is 1. The molecule has 0 spiro atoms. The third-order valence-corrected chi connectivity index (χ3v) is 2.63. The highest BCUT2D eigenvalue weighted by atomic mass is 19.1. The fraction of sp³-hybridized carbons (Fsp3) is 0.231. The summed E-state index contributed by atoms with van der Waals surface area (Å²) in [6, 6.07) is 4.71. The molecule has 18 heavy (non-hydrogen) atoms. The zero-order chi connectivity index (χ0) is 13.1. The van der Waals surface area contributed by atoms with Crippen LogP contribution in [0.1, 0.15) is 5.56 Å². The second-order valence-electron chi connectivity index (χ2n) is 3.82. The molecular weight excluding hydrogens is 233 g/mol. The Morgan fingerprint density at radius 1 is 1.33 bits per heavy atom. The summed E-state index contributed by atoms with van der Waals surface area (Å²) in [7, 11) is 3.22. The van der Waals surface area contributed by atoms with Gasteiger partial charge in [0.1, 0.15) is 11.6 Å². The molecule has 0 fully saturated rings. The summed E-state index contributed by atoms with van der Waals surface area (Å²) in [4.78, 5) is 8.35. The van der Waals surface area contributed by atoms with Crippen molar-refractivity contribution >= 4 is 5.95 Å². The van der Waals surface area contributed by atoms with E-state index in [2.05, 4.69) is 15.3 Å². The number of aromatic nitrogens is 2. The summed E-state index contributed by atoms with van der Waals surface area (Å²) in [5.74, 6) is 0.584. The van der Waals surface area contributed by atoms with E-state index in [1.165, 1.54) is 13.2 Å². The number of hydrogen-bond donors (Lipinski definition) is 1. The van der Waals surface area contributed by atoms with Crippen LogP contribution in [0.2, 0.25) is 0 Å². The highest BCUT2D eigenvalue weighted by molar-refractivity contribution is 5.65. The van der Waals surface area contributed by atoms with Gasteiger partial charge in [-0.3, -0.25) is 0 Å². The highest BCUT2D eigenvalue weighted by Crippen LogP contribution is 2.27. The Bertz CT molecular complexity index is 572. The van der Waals surface area contributed by atoms with Crippen molar-refractivity contribution in [2.24, 2.45) is 0 Å². The van der Waals surface area contributed by atoms with Gasteiger partial charge in [0.2, 0.25) is 5.95 Å². The van der Waals surface area contributed by atoms with Gasteiger partial charge in [-0.25, -0.2) is 14.4 Å². The third-order valence-electron chi connectivity index (χ3n) is 2.63. The second-order valence-corrected chi connectivity index (χ2v) is 3.82. The van der Waals surface area contributed by atoms with E-state index in [1.807, 2.05) is 6.92 Å². The second kappa shape index (κ2) is 5.00. The number of nitrogens with zero attached hydrogens (tertiary/aromatic N) is 2. The van der Waals surface area contributed by atoms with Crippen LogP contribution in [0.4, 0.5) is 10.3 Å². The first-order valence-electron chi connectivity index (χ1n) is 5.51. The number of benzene rings is 1. The number of rotatable bonds is 3. The molecule has 1 heterocycles. The number of anilines is 1. The first-order valence-corrected chi connectivity index (χ1v) is 5.51. The molecule has 2 rings (SSSR count). The van der Waals surface area contributed by atoms with Gasteiger partial charge in [0, 0.05) is 24.9 Å². The first-order chi connectivity index (χ1) is 8.65. The molecule has 0 unspecified atom stereocenters. The van der Waals surface area contributed by atoms with Crippen LogP contribution in [0.25, 0.3) is 11.3 Å². The Morgan fingerprint density at radius 3 is 2.72 bits per heavy atom. The van der Waals surface area contributed by atoms with Crippen LogP contribution >= 0.6 is 0 Å². The van der Waals surface area contributed by atoms with Gasteiger partial charge in [-0.05, 0) is 24.6 Å². The molecule has 0 aliphatic carbocycles. The summed E-state index contributed by atoms with van der Waals surface area (Å²) >= 11 is 0. The van der Waals surface area contributed by atoms with Crippen LogP contribution < -0.4 is 10.1 Å². The molecule has 1 aromatic heterocycles. The fourth-order valence-corrected chi connectivity index (χ4v) is 1.65. The van der Waals surface area contributed by atoms with Crippen LogP contribution in [0, 0.1) is 12.7 Å². The number of nitrogens with one attached hydrogen (secondary N) is 1. The quantitative estimate of drug-likeness (QED) is 0.905. The van der Waals surface area contributed by atoms with Gasteiger partial charge < -0.3 is 10.1 Å². The predicted molar refractivity (Wildman–Crippen MR) is 68.3 cm³/mol. The fourth-order valence-electron chi connectivity index (χ4n) is 1.65. The third kappa shape index (κ3) is 2.25. The minimum Gasteiger partial charge on any atom is -0.497 e. The van der Waals surface area contributed by atoms with Crippen LogP contribution in [-0.4, -0.2) is 24.1 Å². The maximum Gasteiger partial charge on any atom is 0.222 e. The van der Waals surface area contributed by atoms with Gasteiger partial charge in [0.25, 0.3) is 0 Å². The van der Waals surface area contributed by atoms with Crippen molar-refractivity contribution in [3.63, 3.8) is 0 Å². The average Bonchev–Trinajstić information content (AvgIpc) is 2.39. The van der Waals surface area contributed by atoms with E-state index >= 15 is 0 Å². The van der Waals surface area contributed by atoms with Gasteiger partial charge in [0.05, 0.1) is 12.8 Å². The van der Waals surface area contributed by atoms with Gasteiger partial charge in [-0.15, -0.1) is 0 Å². The standard InChI is InChI=1S/C13H14FN3O/c1-8-7-16-13(15-2)17-12(8)10-5-4-9(18-3)6-11(10)14/h4-7H,1-3H3,(H,15,16,17). The monoisotopic (exact) mass is 247 g/mol. The summed E-state index contributed by atoms with van der Waals surface area (Å²) in [6.07, 6.45) is 1.66. The van der Waals surface area contributed by atoms with Crippen molar-refractivity contribution in [2.75, 3.05) is 19.5 Å². The normalized spacial score (nSPS) is 10.2. The Labute approximate surface area is 105 Å². The Hall–Kier alpha value is -2.17. The summed E-state index contributed by atoms with van der Waals surface area (Å²) in [6.45, 7) is 1.85. The lowest BCUT2D eigenvalue weighted by Crippen LogP contribution is -2.00. The van der Waals surface area contributed by atoms with E-state index in [0.717, 1.165) is 5.56 Å². The zero-order valence-electron chi connectivity index (χ0n) is 10.5. The summed E-state index contributed by atoms with van der Waals surface area (Å²) in [5.41, 5.74) is 1.83. The van der Waals surface area contributed by atoms with Gasteiger partial charge >= 0.3 is 0 Å². The van der Waals surface area contributed by atoms with E-state index in [0.29, 0.717) is 23.0 Å². The SMILES string of the molecule is CNc1ncc(C)c(-c2ccc(OC)cc2F)n1. The molecule has 4 nitrogen and oxygen atoms in total. The average molecular weight is 247 g/mol. The molecule has 1 N–H and O–H groups in total. The lowest BCUT2D eigenvalue weighted by atomic mass is 10.1. The maximum absolute atomic E-state index is 14.0. The minimum atomic E-state index is -0.363. The molecule has 0 saturated heterocycles. The molecule has 0 aliphatic heterocycles. The van der Waals surface area contributed by atoms with Crippen molar-refractivity contribution in [2.45, 2.75) is 6.92 Å². The maximum atomic E-state index is 14.0. The molecule has 0 saturated carbocycles. The molecule has 0 aliphatic rings. The molecular formula is C13H14FN3O. The molecule has 2 aromatic rings. The number of hydrogen-bond acceptors (Lipinski definition) is 4. The summed E-state index contributed by atoms with van der Waals surface area (Å²) < 4.78 is 19.0. The molecule has 0 atom stereocenters. The lowest BCUT2D eigenvalue weighted by Gasteiger charge is -2.09. The van der Waals surface area contributed by atoms with Crippen molar-refractivity contribution in [3.8, 4) is 17.0 Å². The number of aryl methyl sites for hydroxylation is 1. The van der Waals surface area contributed by atoms with Gasteiger partial charge in [-0.2, -0.15) is 0 Å². The van der Waals surface area contributed by atoms with Crippen LogP contribution in [0.15, 0.2) is 24.4 Å². The number of halogens is 1. The number of methoxy groups -OCH3 is 1. The molecule has 0 amide bonds. The smallest absolute Gasteiger partial charge is 0.222 e. The van der Waals surface area contributed by atoms with Crippen LogP contribution in [0.5, 0.6) is 5.75 Å². The van der Waals surface area contributed by atoms with E-state index < -0.39 is 0 Å². The first kappa shape index (κ1) is 12.3. The van der Waals surface area contributed by atoms with E-state index in [1.54, 1.807) is 25.4 Å². The van der Waals surface area contributed by atoms with Crippen LogP contribution in [-0.2, 0) is 0 Å². The van der Waals surface area contributed by atoms with E-state index in [-0.39, 0.29) is 5.82 Å². The Morgan fingerprint density at radius 2 is 2.11 bits per heavy atom. The van der Waals surface area contributed by atoms with Crippen molar-refractivity contribution in [1.29, 1.82) is 0 Å². The van der Waals surface area contributed by atoms with Crippen molar-refractivity contribution in [1.82, 2.24) is 9.97 Å². The highest BCUT2D eigenvalue weighted by Gasteiger charge is 2.11. The van der Waals surface area contributed by atoms with Crippen molar-refractivity contribution < 1.29 is 9.13 Å². The summed E-state index contributed by atoms with van der Waals surface area (Å²) in [5, 5.41) is 2.84. The van der Waals surface area contributed by atoms with Crippen LogP contribution in [0.3, 0.4) is 0 Å². The zero-order valence-corrected chi connectivity index (χ0v) is 10.5. The van der Waals surface area contributed by atoms with Crippen molar-refractivity contribution in [3.05, 3.63) is 35.8 Å². The predicted octanol–water partition coefficient (Wildman–Crippen LogP) is 2.64. The van der Waals surface area contributed by atoms with Gasteiger partial charge in [-0.1, -0.05) is 0 Å². The lowest BCUT2D eigenvalue weighted by molar-refractivity contribution is 0.411. The molecule has 0 bridgehead atoms. The molecule has 1 aromatic carbocycles. The van der Waals surface area contributed by atoms with E-state index in [4.69, 9.17) is 4.74 Å². The largest absolute Gasteiger partial charge is 0.497 e. The Balaban J connectivity index is 2.54. The molecule has 0 radical (unpaired) electrons. The topological polar surface area (TPSA) is 47.0 Å². The Kier molecular flexibility index (Phi) is 3.41. The van der Waals surface area contributed by atoms with Gasteiger partial charge in [0.15, 0.2) is 0 Å². The minimum absolute atomic E-state index is 0.363. The van der Waals surface area contributed by atoms with E-state index in [9.17, 15) is 4.39 Å².